The number of nitrogens with zero attached hydrogens (tertiary/aromatic N) is 2. The minimum Gasteiger partial charge on any atom is -0.396 e. The van der Waals surface area contributed by atoms with E-state index in [9.17, 15) is 9.90 Å². The van der Waals surface area contributed by atoms with Crippen molar-refractivity contribution in [2.75, 3.05) is 33.3 Å². The van der Waals surface area contributed by atoms with Crippen LogP contribution in [0.5, 0.6) is 0 Å². The Morgan fingerprint density at radius 3 is 2.58 bits per heavy atom. The lowest BCUT2D eigenvalue weighted by molar-refractivity contribution is -0.104. The number of carbonyl (C=O) groups excluding carboxylic acids is 1. The third-order valence-electron chi connectivity index (χ3n) is 6.13. The van der Waals surface area contributed by atoms with Crippen LogP contribution in [0.25, 0.3) is 0 Å². The first kappa shape index (κ1) is 24.7. The molecule has 2 aliphatic rings. The molecule has 2 N–H and O–H groups in total. The third-order valence-corrected chi connectivity index (χ3v) is 6.13. The number of aliphatic imine (C=N–C) groups is 1. The normalized spacial score (nSPS) is 18.2. The highest BCUT2D eigenvalue weighted by atomic mass is 16.3. The van der Waals surface area contributed by atoms with Gasteiger partial charge in [0.15, 0.2) is 0 Å². The maximum atomic E-state index is 10.9. The molecule has 1 unspecified atom stereocenters. The Bertz CT molecular complexity index is 955. The summed E-state index contributed by atoms with van der Waals surface area (Å²) >= 11 is 0. The minimum absolute atomic E-state index is 0.0797. The molecule has 1 saturated heterocycles. The van der Waals surface area contributed by atoms with Gasteiger partial charge in [0.2, 0.25) is 0 Å². The van der Waals surface area contributed by atoms with Crippen LogP contribution >= 0.6 is 0 Å². The van der Waals surface area contributed by atoms with Crippen LogP contribution in [0.15, 0.2) is 64.3 Å². The van der Waals surface area contributed by atoms with E-state index in [4.69, 9.17) is 0 Å². The van der Waals surface area contributed by atoms with Crippen molar-refractivity contribution in [3.05, 3.63) is 70.5 Å². The fourth-order valence-corrected chi connectivity index (χ4v) is 4.24. The molecule has 0 bridgehead atoms. The van der Waals surface area contributed by atoms with Crippen LogP contribution in [-0.2, 0) is 11.2 Å². The molecule has 1 atom stereocenters. The Hall–Kier alpha value is -2.94. The Kier molecular flexibility index (Phi) is 10.2. The van der Waals surface area contributed by atoms with Gasteiger partial charge in [0.1, 0.15) is 6.29 Å². The van der Waals surface area contributed by atoms with Crippen LogP contribution in [0.4, 0.5) is 0 Å². The minimum atomic E-state index is -0.241. The van der Waals surface area contributed by atoms with E-state index >= 15 is 0 Å². The third kappa shape index (κ3) is 8.16. The van der Waals surface area contributed by atoms with Gasteiger partial charge in [-0.05, 0) is 69.0 Å². The highest BCUT2D eigenvalue weighted by molar-refractivity contribution is 5.67. The van der Waals surface area contributed by atoms with Crippen molar-refractivity contribution in [2.24, 2.45) is 10.9 Å². The summed E-state index contributed by atoms with van der Waals surface area (Å²) < 4.78 is 0. The summed E-state index contributed by atoms with van der Waals surface area (Å²) in [4.78, 5) is 17.7. The van der Waals surface area contributed by atoms with Crippen LogP contribution in [0.2, 0.25) is 0 Å². The standard InChI is InChI=1S/C28H35N3O2/c1-29-22-30-28(15-18-32)27(21-33)19-25-11-7-23(8-12-25)5-6-24-9-13-26(14-10-24)20-31-16-3-2-4-17-31/h7-9,11-13,15,18,22,27,33H,2-4,10,14,16-17,19-21H2,1H3,(H,29,30)/b28-15-. The highest BCUT2D eigenvalue weighted by Crippen LogP contribution is 2.21. The van der Waals surface area contributed by atoms with Crippen molar-refractivity contribution in [1.82, 2.24) is 10.2 Å². The molecule has 1 aliphatic carbocycles. The molecule has 0 spiro atoms. The number of nitrogens with one attached hydrogen (secondary N) is 1. The first-order valence-corrected chi connectivity index (χ1v) is 11.9. The summed E-state index contributed by atoms with van der Waals surface area (Å²) in [5.41, 5.74) is 5.31. The van der Waals surface area contributed by atoms with Gasteiger partial charge in [-0.25, -0.2) is 4.99 Å². The molecule has 1 heterocycles. The second kappa shape index (κ2) is 13.6. The van der Waals surface area contributed by atoms with Gasteiger partial charge in [-0.1, -0.05) is 48.1 Å². The molecule has 174 valence electrons. The fourth-order valence-electron chi connectivity index (χ4n) is 4.24. The van der Waals surface area contributed by atoms with Gasteiger partial charge < -0.3 is 10.4 Å². The zero-order chi connectivity index (χ0) is 23.3. The predicted molar refractivity (Wildman–Crippen MR) is 135 cm³/mol. The molecule has 1 aromatic rings. The molecular formula is C28H35N3O2. The van der Waals surface area contributed by atoms with Gasteiger partial charge in [-0.3, -0.25) is 9.69 Å². The van der Waals surface area contributed by atoms with Crippen molar-refractivity contribution < 1.29 is 9.90 Å². The molecule has 0 aromatic heterocycles. The number of aliphatic hydroxyl groups is 1. The van der Waals surface area contributed by atoms with Crippen molar-refractivity contribution in [3.8, 4) is 11.8 Å². The number of carbonyl (C=O) groups is 1. The number of allylic oxidation sites excluding steroid dienone is 4. The first-order chi connectivity index (χ1) is 16.2. The van der Waals surface area contributed by atoms with Crippen molar-refractivity contribution in [1.29, 1.82) is 0 Å². The number of piperidine rings is 1. The average molecular weight is 446 g/mol. The predicted octanol–water partition coefficient (Wildman–Crippen LogP) is 3.65. The summed E-state index contributed by atoms with van der Waals surface area (Å²) in [6, 6.07) is 8.08. The van der Waals surface area contributed by atoms with Gasteiger partial charge in [-0.2, -0.15) is 0 Å². The van der Waals surface area contributed by atoms with E-state index in [1.807, 2.05) is 24.3 Å². The Morgan fingerprint density at radius 2 is 1.94 bits per heavy atom. The van der Waals surface area contributed by atoms with E-state index in [-0.39, 0.29) is 12.5 Å². The van der Waals surface area contributed by atoms with E-state index in [0.29, 0.717) is 18.4 Å². The van der Waals surface area contributed by atoms with E-state index in [2.05, 4.69) is 39.2 Å². The summed E-state index contributed by atoms with van der Waals surface area (Å²) in [6.45, 7) is 3.50. The maximum Gasteiger partial charge on any atom is 0.144 e. The summed E-state index contributed by atoms with van der Waals surface area (Å²) in [5.74, 6) is 6.37. The number of hydrogen-bond donors (Lipinski definition) is 2. The van der Waals surface area contributed by atoms with Gasteiger partial charge in [0.05, 0.1) is 18.6 Å². The molecular weight excluding hydrogens is 410 g/mol. The summed E-state index contributed by atoms with van der Waals surface area (Å²) in [7, 11) is 1.74. The van der Waals surface area contributed by atoms with Crippen LogP contribution in [0.1, 0.15) is 43.2 Å². The number of hydrogen-bond acceptors (Lipinski definition) is 4. The molecule has 5 heteroatoms. The van der Waals surface area contributed by atoms with Crippen LogP contribution in [0.3, 0.4) is 0 Å². The molecule has 1 aliphatic heterocycles. The van der Waals surface area contributed by atoms with Crippen molar-refractivity contribution in [2.45, 2.75) is 38.5 Å². The van der Waals surface area contributed by atoms with Gasteiger partial charge in [0, 0.05) is 30.6 Å². The number of likely N-dealkylation sites (tertiary alicyclic amines) is 1. The quantitative estimate of drug-likeness (QED) is 0.200. The topological polar surface area (TPSA) is 64.9 Å². The molecule has 1 aromatic carbocycles. The van der Waals surface area contributed by atoms with Crippen LogP contribution in [0, 0.1) is 17.8 Å². The fraction of sp³-hybridized carbons (Fsp3) is 0.429. The Morgan fingerprint density at radius 1 is 1.15 bits per heavy atom. The largest absolute Gasteiger partial charge is 0.396 e. The van der Waals surface area contributed by atoms with Crippen molar-refractivity contribution >= 4 is 12.6 Å². The molecule has 3 rings (SSSR count). The van der Waals surface area contributed by atoms with E-state index in [1.165, 1.54) is 55.9 Å². The highest BCUT2D eigenvalue weighted by Gasteiger charge is 2.14. The molecule has 33 heavy (non-hydrogen) atoms. The maximum absolute atomic E-state index is 10.9. The molecule has 5 nitrogen and oxygen atoms in total. The lowest BCUT2D eigenvalue weighted by Gasteiger charge is -2.28. The smallest absolute Gasteiger partial charge is 0.144 e. The van der Waals surface area contributed by atoms with Gasteiger partial charge in [0.25, 0.3) is 0 Å². The summed E-state index contributed by atoms with van der Waals surface area (Å²) in [5, 5.41) is 12.6. The lowest BCUT2D eigenvalue weighted by atomic mass is 9.95. The molecule has 0 saturated carbocycles. The second-order valence-electron chi connectivity index (χ2n) is 8.66. The Labute approximate surface area is 198 Å². The second-order valence-corrected chi connectivity index (χ2v) is 8.66. The number of aliphatic hydroxyl groups excluding tert-OH is 1. The zero-order valence-corrected chi connectivity index (χ0v) is 19.6. The van der Waals surface area contributed by atoms with Gasteiger partial charge >= 0.3 is 0 Å². The van der Waals surface area contributed by atoms with E-state index in [1.54, 1.807) is 7.05 Å². The van der Waals surface area contributed by atoms with Gasteiger partial charge in [-0.15, -0.1) is 0 Å². The van der Waals surface area contributed by atoms with Crippen LogP contribution in [-0.4, -0.2) is 55.9 Å². The number of benzene rings is 1. The average Bonchev–Trinajstić information content (AvgIpc) is 2.86. The monoisotopic (exact) mass is 445 g/mol. The van der Waals surface area contributed by atoms with E-state index < -0.39 is 0 Å². The van der Waals surface area contributed by atoms with E-state index in [0.717, 1.165) is 30.5 Å². The molecule has 1 fully saturated rings. The zero-order valence-electron chi connectivity index (χ0n) is 19.6. The van der Waals surface area contributed by atoms with Crippen molar-refractivity contribution in [3.63, 3.8) is 0 Å². The number of aldehydes is 1. The lowest BCUT2D eigenvalue weighted by Crippen LogP contribution is -2.31. The first-order valence-electron chi connectivity index (χ1n) is 11.9. The Balaban J connectivity index is 1.58. The number of rotatable bonds is 9. The SMILES string of the molecule is CN/C=N\C(=C/C=O)C(CO)Cc1ccc(C#CC2=CC=C(CN3CCCCC3)CC2)cc1. The summed E-state index contributed by atoms with van der Waals surface area (Å²) in [6.07, 6.45) is 14.8. The van der Waals surface area contributed by atoms with Crippen LogP contribution < -0.4 is 5.32 Å². The molecule has 0 radical (unpaired) electrons. The molecule has 0 amide bonds.